The molecule has 3 heteroatoms. The molecule has 1 aliphatic carbocycles. The molecule has 1 aromatic heterocycles. The number of rotatable bonds is 1. The minimum Gasteiger partial charge on any atom is -0.393 e. The third-order valence-electron chi connectivity index (χ3n) is 4.98. The second-order valence-corrected chi connectivity index (χ2v) is 6.27. The molecule has 0 amide bonds. The van der Waals surface area contributed by atoms with Crippen LogP contribution in [0.25, 0.3) is 10.9 Å². The molecule has 20 heavy (non-hydrogen) atoms. The summed E-state index contributed by atoms with van der Waals surface area (Å²) in [4.78, 5) is 7.07. The van der Waals surface area contributed by atoms with Crippen molar-refractivity contribution < 1.29 is 5.11 Å². The molecule has 3 atom stereocenters. The first-order valence-electron chi connectivity index (χ1n) is 7.52. The highest BCUT2D eigenvalue weighted by atomic mass is 16.3. The van der Waals surface area contributed by atoms with E-state index in [9.17, 15) is 5.11 Å². The van der Waals surface area contributed by atoms with E-state index in [1.807, 2.05) is 6.07 Å². The first-order chi connectivity index (χ1) is 9.72. The molecule has 2 aromatic rings. The Kier molecular flexibility index (Phi) is 2.71. The molecule has 0 bridgehead atoms. The Labute approximate surface area is 119 Å². The number of aliphatic hydroxyl groups is 1. The molecule has 1 N–H and O–H groups in total. The summed E-state index contributed by atoms with van der Waals surface area (Å²) in [7, 11) is 0. The fourth-order valence-corrected chi connectivity index (χ4v) is 3.98. The van der Waals surface area contributed by atoms with Crippen LogP contribution in [0.2, 0.25) is 0 Å². The molecule has 1 saturated heterocycles. The lowest BCUT2D eigenvalue weighted by atomic mass is 10.00. The molecule has 3 nitrogen and oxygen atoms in total. The second-order valence-electron chi connectivity index (χ2n) is 6.27. The molecule has 2 fully saturated rings. The van der Waals surface area contributed by atoms with Crippen LogP contribution in [0.15, 0.2) is 30.3 Å². The van der Waals surface area contributed by atoms with Gasteiger partial charge in [0.1, 0.15) is 0 Å². The number of hydrogen-bond acceptors (Lipinski definition) is 3. The second kappa shape index (κ2) is 4.45. The summed E-state index contributed by atoms with van der Waals surface area (Å²) >= 11 is 0. The number of aliphatic hydroxyl groups excluding tert-OH is 1. The smallest absolute Gasteiger partial charge is 0.0726 e. The number of hydrogen-bond donors (Lipinski definition) is 1. The molecule has 104 valence electrons. The van der Waals surface area contributed by atoms with Crippen LogP contribution in [0.3, 0.4) is 0 Å². The number of aryl methyl sites for hydroxylation is 1. The number of anilines is 1. The van der Waals surface area contributed by atoms with E-state index in [2.05, 4.69) is 41.1 Å². The van der Waals surface area contributed by atoms with Crippen molar-refractivity contribution in [2.45, 2.75) is 25.9 Å². The Morgan fingerprint density at radius 2 is 2.05 bits per heavy atom. The fourth-order valence-electron chi connectivity index (χ4n) is 3.98. The van der Waals surface area contributed by atoms with E-state index >= 15 is 0 Å². The zero-order valence-corrected chi connectivity index (χ0v) is 11.8. The summed E-state index contributed by atoms with van der Waals surface area (Å²) in [5.41, 5.74) is 3.42. The van der Waals surface area contributed by atoms with Gasteiger partial charge < -0.3 is 10.0 Å². The van der Waals surface area contributed by atoms with E-state index in [4.69, 9.17) is 0 Å². The molecule has 2 aliphatic rings. The van der Waals surface area contributed by atoms with Gasteiger partial charge in [0.05, 0.1) is 11.6 Å². The SMILES string of the molecule is Cc1cc(N2CC3CCC(O)C3C2)c2ccccc2n1. The van der Waals surface area contributed by atoms with Crippen molar-refractivity contribution in [3.05, 3.63) is 36.0 Å². The number of aromatic nitrogens is 1. The van der Waals surface area contributed by atoms with Crippen molar-refractivity contribution in [2.75, 3.05) is 18.0 Å². The number of pyridine rings is 1. The first kappa shape index (κ1) is 12.2. The summed E-state index contributed by atoms with van der Waals surface area (Å²) in [5.74, 6) is 1.12. The zero-order valence-electron chi connectivity index (χ0n) is 11.8. The number of fused-ring (bicyclic) bond motifs is 2. The maximum atomic E-state index is 10.1. The first-order valence-corrected chi connectivity index (χ1v) is 7.52. The lowest BCUT2D eigenvalue weighted by Gasteiger charge is -2.22. The quantitative estimate of drug-likeness (QED) is 0.864. The van der Waals surface area contributed by atoms with Gasteiger partial charge in [0.15, 0.2) is 0 Å². The van der Waals surface area contributed by atoms with Crippen molar-refractivity contribution in [1.29, 1.82) is 0 Å². The number of nitrogens with zero attached hydrogens (tertiary/aromatic N) is 2. The van der Waals surface area contributed by atoms with Gasteiger partial charge in [-0.05, 0) is 37.8 Å². The molecule has 2 heterocycles. The molecular weight excluding hydrogens is 248 g/mol. The lowest BCUT2D eigenvalue weighted by Crippen LogP contribution is -2.24. The predicted octanol–water partition coefficient (Wildman–Crippen LogP) is 2.75. The molecule has 4 rings (SSSR count). The van der Waals surface area contributed by atoms with Gasteiger partial charge in [0.25, 0.3) is 0 Å². The van der Waals surface area contributed by atoms with Crippen LogP contribution in [0.1, 0.15) is 18.5 Å². The monoisotopic (exact) mass is 268 g/mol. The average Bonchev–Trinajstić information content (AvgIpc) is 3.00. The molecule has 0 spiro atoms. The minimum absolute atomic E-state index is 0.0980. The number of para-hydroxylation sites is 1. The lowest BCUT2D eigenvalue weighted by molar-refractivity contribution is 0.133. The van der Waals surface area contributed by atoms with E-state index in [1.54, 1.807) is 0 Å². The van der Waals surface area contributed by atoms with E-state index in [1.165, 1.54) is 17.5 Å². The van der Waals surface area contributed by atoms with Gasteiger partial charge in [-0.1, -0.05) is 18.2 Å². The van der Waals surface area contributed by atoms with Gasteiger partial charge in [0, 0.05) is 35.8 Å². The maximum Gasteiger partial charge on any atom is 0.0726 e. The molecular formula is C17H20N2O. The molecule has 1 saturated carbocycles. The third kappa shape index (κ3) is 1.80. The van der Waals surface area contributed by atoms with Gasteiger partial charge >= 0.3 is 0 Å². The normalized spacial score (nSPS) is 29.1. The molecule has 1 aromatic carbocycles. The van der Waals surface area contributed by atoms with Crippen LogP contribution in [0.4, 0.5) is 5.69 Å². The van der Waals surface area contributed by atoms with E-state index in [-0.39, 0.29) is 6.10 Å². The van der Waals surface area contributed by atoms with Crippen LogP contribution in [0.5, 0.6) is 0 Å². The van der Waals surface area contributed by atoms with Crippen LogP contribution in [-0.2, 0) is 0 Å². The highest BCUT2D eigenvalue weighted by Gasteiger charge is 2.42. The summed E-state index contributed by atoms with van der Waals surface area (Å²) < 4.78 is 0. The number of benzene rings is 1. The topological polar surface area (TPSA) is 36.4 Å². The van der Waals surface area contributed by atoms with Crippen LogP contribution in [-0.4, -0.2) is 29.3 Å². The Bertz CT molecular complexity index is 654. The summed E-state index contributed by atoms with van der Waals surface area (Å²) in [6.45, 7) is 4.12. The van der Waals surface area contributed by atoms with Gasteiger partial charge in [-0.2, -0.15) is 0 Å². The Morgan fingerprint density at radius 1 is 1.20 bits per heavy atom. The fraction of sp³-hybridized carbons (Fsp3) is 0.471. The summed E-state index contributed by atoms with van der Waals surface area (Å²) in [6, 6.07) is 10.5. The van der Waals surface area contributed by atoms with Gasteiger partial charge in [0.2, 0.25) is 0 Å². The average molecular weight is 268 g/mol. The van der Waals surface area contributed by atoms with Crippen LogP contribution < -0.4 is 4.90 Å². The predicted molar refractivity (Wildman–Crippen MR) is 80.9 cm³/mol. The van der Waals surface area contributed by atoms with Crippen molar-refractivity contribution in [2.24, 2.45) is 11.8 Å². The third-order valence-corrected chi connectivity index (χ3v) is 4.98. The Balaban J connectivity index is 1.76. The Morgan fingerprint density at radius 3 is 2.90 bits per heavy atom. The van der Waals surface area contributed by atoms with E-state index < -0.39 is 0 Å². The van der Waals surface area contributed by atoms with Crippen molar-refractivity contribution in [3.63, 3.8) is 0 Å². The van der Waals surface area contributed by atoms with Gasteiger partial charge in [-0.15, -0.1) is 0 Å². The van der Waals surface area contributed by atoms with Crippen LogP contribution in [0, 0.1) is 18.8 Å². The minimum atomic E-state index is -0.0980. The highest BCUT2D eigenvalue weighted by molar-refractivity contribution is 5.92. The zero-order chi connectivity index (χ0) is 13.7. The van der Waals surface area contributed by atoms with Crippen molar-refractivity contribution >= 4 is 16.6 Å². The Hall–Kier alpha value is -1.61. The summed E-state index contributed by atoms with van der Waals surface area (Å²) in [6.07, 6.45) is 2.06. The van der Waals surface area contributed by atoms with E-state index in [0.717, 1.165) is 30.7 Å². The highest BCUT2D eigenvalue weighted by Crippen LogP contribution is 2.41. The van der Waals surface area contributed by atoms with Crippen molar-refractivity contribution in [1.82, 2.24) is 4.98 Å². The largest absolute Gasteiger partial charge is 0.393 e. The molecule has 0 radical (unpaired) electrons. The van der Waals surface area contributed by atoms with Crippen molar-refractivity contribution in [3.8, 4) is 0 Å². The summed E-state index contributed by atoms with van der Waals surface area (Å²) in [5, 5.41) is 11.3. The molecule has 3 unspecified atom stereocenters. The van der Waals surface area contributed by atoms with Gasteiger partial charge in [-0.25, -0.2) is 0 Å². The molecule has 1 aliphatic heterocycles. The standard InChI is InChI=1S/C17H20N2O/c1-11-8-16(13-4-2-3-5-15(13)18-11)19-9-12-6-7-17(20)14(12)10-19/h2-5,8,12,14,17,20H,6-7,9-10H2,1H3. The maximum absolute atomic E-state index is 10.1. The van der Waals surface area contributed by atoms with E-state index in [0.29, 0.717) is 11.8 Å². The van der Waals surface area contributed by atoms with Gasteiger partial charge in [-0.3, -0.25) is 4.98 Å². The van der Waals surface area contributed by atoms with Crippen LogP contribution >= 0.6 is 0 Å².